The molecule has 0 aromatic heterocycles. The predicted molar refractivity (Wildman–Crippen MR) is 265 cm³/mol. The molecule has 3 aliphatic carbocycles. The maximum atomic E-state index is 13.5. The van der Waals surface area contributed by atoms with Crippen molar-refractivity contribution in [3.8, 4) is 57.1 Å². The van der Waals surface area contributed by atoms with Gasteiger partial charge >= 0.3 is 0 Å². The first-order valence-corrected chi connectivity index (χ1v) is 23.7. The Balaban J connectivity index is 0.000000170. The summed E-state index contributed by atoms with van der Waals surface area (Å²) >= 11 is 0. The molecule has 0 amide bonds. The van der Waals surface area contributed by atoms with Gasteiger partial charge in [0.25, 0.3) is 0 Å². The van der Waals surface area contributed by atoms with Gasteiger partial charge in [0, 0.05) is 44.9 Å². The molecule has 68 heavy (non-hydrogen) atoms. The van der Waals surface area contributed by atoms with Crippen LogP contribution < -0.4 is 0 Å². The molecule has 7 aromatic carbocycles. The van der Waals surface area contributed by atoms with Crippen LogP contribution in [0.15, 0.2) is 72.8 Å². The zero-order chi connectivity index (χ0) is 48.7. The summed E-state index contributed by atoms with van der Waals surface area (Å²) in [6, 6.07) is 20.5. The van der Waals surface area contributed by atoms with E-state index in [2.05, 4.69) is 26.0 Å². The van der Waals surface area contributed by atoms with E-state index in [-0.39, 0.29) is 68.2 Å². The molecular weight excluding hydrogens is 857 g/mol. The smallest absolute Gasteiger partial charge is 0.201 e. The second kappa shape index (κ2) is 16.8. The highest BCUT2D eigenvalue weighted by Crippen LogP contribution is 2.54. The average Bonchev–Trinajstić information content (AvgIpc) is 3.27. The summed E-state index contributed by atoms with van der Waals surface area (Å²) in [4.78, 5) is 26.9. The molecule has 0 fully saturated rings. The number of hydrogen-bond acceptors (Lipinski definition) is 10. The lowest BCUT2D eigenvalue weighted by Crippen LogP contribution is -2.31. The molecule has 0 heterocycles. The normalized spacial score (nSPS) is 14.9. The number of benzene rings is 7. The number of hydrogen-bond donors (Lipinski definition) is 8. The molecule has 10 heteroatoms. The highest BCUT2D eigenvalue weighted by molar-refractivity contribution is 6.22. The second-order valence-corrected chi connectivity index (χ2v) is 19.9. The molecule has 0 saturated carbocycles. The minimum absolute atomic E-state index is 0.0826. The number of aryl methyl sites for hydroxylation is 3. The van der Waals surface area contributed by atoms with Crippen LogP contribution in [0.5, 0.6) is 46.0 Å². The first-order chi connectivity index (χ1) is 32.3. The summed E-state index contributed by atoms with van der Waals surface area (Å²) in [5.74, 6) is -1.73. The van der Waals surface area contributed by atoms with E-state index in [0.29, 0.717) is 62.4 Å². The number of unbranched alkanes of at least 4 members (excludes halogenated alkanes) is 4. The van der Waals surface area contributed by atoms with Gasteiger partial charge in [0.05, 0.1) is 22.3 Å². The van der Waals surface area contributed by atoms with E-state index in [0.717, 1.165) is 91.1 Å². The van der Waals surface area contributed by atoms with Crippen molar-refractivity contribution < 1.29 is 50.4 Å². The molecule has 0 unspecified atom stereocenters. The van der Waals surface area contributed by atoms with Gasteiger partial charge in [-0.05, 0) is 136 Å². The highest BCUT2D eigenvalue weighted by atomic mass is 16.3. The molecule has 0 spiro atoms. The third-order valence-corrected chi connectivity index (χ3v) is 14.8. The van der Waals surface area contributed by atoms with E-state index >= 15 is 0 Å². The van der Waals surface area contributed by atoms with Crippen molar-refractivity contribution in [3.05, 3.63) is 140 Å². The molecule has 3 aliphatic rings. The Bertz CT molecular complexity index is 3280. The fourth-order valence-electron chi connectivity index (χ4n) is 11.2. The average molecular weight is 915 g/mol. The van der Waals surface area contributed by atoms with Crippen molar-refractivity contribution in [1.82, 2.24) is 0 Å². The van der Waals surface area contributed by atoms with Crippen molar-refractivity contribution in [2.75, 3.05) is 0 Å². The minimum Gasteiger partial charge on any atom is -0.508 e. The van der Waals surface area contributed by atoms with Crippen LogP contribution in [0.25, 0.3) is 32.7 Å². The summed E-state index contributed by atoms with van der Waals surface area (Å²) in [7, 11) is 0. The SMILES string of the molecule is CCCCCc1cc(O)c2c(c1)CCc1c-2cc2c(c1O)C(=O)c1c(O)cc(O)cc1C2(C)C.CCCCCc1cc(O)c2c(ccc3c(O)c4c(cc32)C(C)(C)c2cc(O)cc(O)c2C4=O)c1. The lowest BCUT2D eigenvalue weighted by molar-refractivity contribution is 0.101. The van der Waals surface area contributed by atoms with E-state index in [4.69, 9.17) is 0 Å². The van der Waals surface area contributed by atoms with Gasteiger partial charge in [-0.15, -0.1) is 0 Å². The summed E-state index contributed by atoms with van der Waals surface area (Å²) in [5.41, 5.74) is 6.50. The quantitative estimate of drug-likeness (QED) is 0.0537. The van der Waals surface area contributed by atoms with Crippen LogP contribution in [0.2, 0.25) is 0 Å². The van der Waals surface area contributed by atoms with E-state index < -0.39 is 22.4 Å². The third-order valence-electron chi connectivity index (χ3n) is 14.8. The standard InChI is InChI=1S/C29H30O5.C29H28O5/c2*1-4-5-6-7-15-10-16-8-9-18-19(24(16)22(31)11-15)14-21-26(27(18)33)28(34)25-20(29(21,2)3)12-17(30)13-23(25)32/h10-14,30-33H,4-9H2,1-3H3;8-14,30-33H,4-7H2,1-3H3. The maximum absolute atomic E-state index is 13.5. The molecule has 7 aromatic rings. The van der Waals surface area contributed by atoms with E-state index in [1.54, 1.807) is 12.1 Å². The molecule has 0 atom stereocenters. The number of phenolic OH excluding ortho intramolecular Hbond substituents is 8. The lowest BCUT2D eigenvalue weighted by Gasteiger charge is -2.37. The fourth-order valence-corrected chi connectivity index (χ4v) is 11.2. The van der Waals surface area contributed by atoms with Gasteiger partial charge in [0.15, 0.2) is 0 Å². The second-order valence-electron chi connectivity index (χ2n) is 19.9. The van der Waals surface area contributed by atoms with Gasteiger partial charge in [-0.25, -0.2) is 0 Å². The molecule has 350 valence electrons. The monoisotopic (exact) mass is 914 g/mol. The number of carbonyl (C=O) groups excluding carboxylic acids is 2. The van der Waals surface area contributed by atoms with Gasteiger partial charge in [-0.2, -0.15) is 0 Å². The highest BCUT2D eigenvalue weighted by Gasteiger charge is 2.44. The molecule has 0 bridgehead atoms. The van der Waals surface area contributed by atoms with Crippen LogP contribution in [0, 0.1) is 0 Å². The van der Waals surface area contributed by atoms with Gasteiger partial charge < -0.3 is 40.9 Å². The van der Waals surface area contributed by atoms with Gasteiger partial charge in [0.2, 0.25) is 11.6 Å². The van der Waals surface area contributed by atoms with Crippen LogP contribution in [-0.4, -0.2) is 52.4 Å². The Morgan fingerprint density at radius 1 is 0.471 bits per heavy atom. The minimum atomic E-state index is -0.793. The topological polar surface area (TPSA) is 196 Å². The number of phenols is 8. The van der Waals surface area contributed by atoms with Crippen LogP contribution in [0.4, 0.5) is 0 Å². The van der Waals surface area contributed by atoms with Crippen molar-refractivity contribution in [2.24, 2.45) is 0 Å². The van der Waals surface area contributed by atoms with Crippen LogP contribution in [0.3, 0.4) is 0 Å². The summed E-state index contributed by atoms with van der Waals surface area (Å²) in [6.45, 7) is 11.9. The summed E-state index contributed by atoms with van der Waals surface area (Å²) in [5, 5.41) is 88.4. The number of aromatic hydroxyl groups is 8. The van der Waals surface area contributed by atoms with Crippen LogP contribution in [0.1, 0.15) is 156 Å². The first kappa shape index (κ1) is 45.9. The van der Waals surface area contributed by atoms with Crippen molar-refractivity contribution in [2.45, 2.75) is 117 Å². The molecular formula is C58H58O10. The van der Waals surface area contributed by atoms with Crippen molar-refractivity contribution >= 4 is 33.1 Å². The van der Waals surface area contributed by atoms with Crippen LogP contribution in [-0.2, 0) is 36.5 Å². The summed E-state index contributed by atoms with van der Waals surface area (Å²) < 4.78 is 0. The fraction of sp³-hybridized carbons (Fsp3) is 0.310. The molecule has 0 radical (unpaired) electrons. The van der Waals surface area contributed by atoms with Gasteiger partial charge in [-0.3, -0.25) is 9.59 Å². The molecule has 10 rings (SSSR count). The molecule has 0 saturated heterocycles. The number of rotatable bonds is 8. The number of carbonyl (C=O) groups is 2. The van der Waals surface area contributed by atoms with Crippen molar-refractivity contribution in [1.29, 1.82) is 0 Å². The largest absolute Gasteiger partial charge is 0.508 e. The van der Waals surface area contributed by atoms with Crippen molar-refractivity contribution in [3.63, 3.8) is 0 Å². The lowest BCUT2D eigenvalue weighted by atomic mass is 9.66. The van der Waals surface area contributed by atoms with Gasteiger partial charge in [-0.1, -0.05) is 85.4 Å². The Hall–Kier alpha value is -7.20. The Morgan fingerprint density at radius 2 is 0.971 bits per heavy atom. The Labute approximate surface area is 395 Å². The molecule has 8 N–H and O–H groups in total. The third kappa shape index (κ3) is 7.23. The number of fused-ring (bicyclic) bond motifs is 10. The van der Waals surface area contributed by atoms with E-state index in [1.165, 1.54) is 12.1 Å². The Kier molecular flexibility index (Phi) is 11.4. The predicted octanol–water partition coefficient (Wildman–Crippen LogP) is 12.3. The number of ketones is 2. The van der Waals surface area contributed by atoms with E-state index in [1.807, 2.05) is 52.0 Å². The first-order valence-electron chi connectivity index (χ1n) is 23.7. The van der Waals surface area contributed by atoms with E-state index in [9.17, 15) is 50.4 Å². The van der Waals surface area contributed by atoms with Gasteiger partial charge in [0.1, 0.15) is 46.0 Å². The molecule has 0 aliphatic heterocycles. The summed E-state index contributed by atoms with van der Waals surface area (Å²) in [6.07, 6.45) is 9.71. The zero-order valence-corrected chi connectivity index (χ0v) is 39.4. The zero-order valence-electron chi connectivity index (χ0n) is 39.4. The maximum Gasteiger partial charge on any atom is 0.201 e. The van der Waals surface area contributed by atoms with Crippen LogP contribution >= 0.6 is 0 Å². The molecule has 10 nitrogen and oxygen atoms in total. The Morgan fingerprint density at radius 3 is 1.54 bits per heavy atom.